The number of aliphatic hydroxyl groups is 1. The molecule has 142 valence electrons. The van der Waals surface area contributed by atoms with Crippen molar-refractivity contribution in [3.63, 3.8) is 0 Å². The molecule has 0 saturated carbocycles. The summed E-state index contributed by atoms with van der Waals surface area (Å²) in [6, 6.07) is 9.85. The minimum absolute atomic E-state index is 0.0426. The number of ether oxygens (including phenoxy) is 2. The van der Waals surface area contributed by atoms with Gasteiger partial charge in [0.05, 0.1) is 18.8 Å². The van der Waals surface area contributed by atoms with Gasteiger partial charge in [0.25, 0.3) is 0 Å². The first-order valence-corrected chi connectivity index (χ1v) is 8.26. The summed E-state index contributed by atoms with van der Waals surface area (Å²) in [6.45, 7) is -0.533. The molecule has 0 bridgehead atoms. The van der Waals surface area contributed by atoms with E-state index < -0.39 is 6.61 Å². The molecule has 0 atom stereocenters. The lowest BCUT2D eigenvalue weighted by Crippen LogP contribution is -2.05. The summed E-state index contributed by atoms with van der Waals surface area (Å²) >= 11 is 0. The van der Waals surface area contributed by atoms with Crippen molar-refractivity contribution < 1.29 is 23.4 Å². The van der Waals surface area contributed by atoms with Crippen LogP contribution in [-0.4, -0.2) is 38.1 Å². The highest BCUT2D eigenvalue weighted by Gasteiger charge is 2.13. The van der Waals surface area contributed by atoms with E-state index in [-0.39, 0.29) is 12.4 Å². The van der Waals surface area contributed by atoms with E-state index in [1.165, 1.54) is 18.5 Å². The highest BCUT2D eigenvalue weighted by atomic mass is 19.3. The molecule has 0 amide bonds. The third-order valence-corrected chi connectivity index (χ3v) is 3.60. The average molecular weight is 376 g/mol. The molecule has 2 heterocycles. The van der Waals surface area contributed by atoms with Gasteiger partial charge in [0, 0.05) is 5.56 Å². The molecule has 0 fully saturated rings. The molecule has 0 spiro atoms. The minimum atomic E-state index is -2.90. The third-order valence-electron chi connectivity index (χ3n) is 3.60. The van der Waals surface area contributed by atoms with Crippen LogP contribution in [0.1, 0.15) is 18.4 Å². The van der Waals surface area contributed by atoms with Crippen LogP contribution >= 0.6 is 0 Å². The van der Waals surface area contributed by atoms with Gasteiger partial charge in [-0.1, -0.05) is 12.1 Å². The molecule has 9 heteroatoms. The Hall–Kier alpha value is -3.07. The van der Waals surface area contributed by atoms with E-state index in [1.807, 2.05) is 6.92 Å². The molecule has 0 saturated heterocycles. The van der Waals surface area contributed by atoms with Crippen LogP contribution in [0.2, 0.25) is 0 Å². The number of nitrogens with zero attached hydrogens (tertiary/aromatic N) is 4. The molecule has 3 rings (SSSR count). The third kappa shape index (κ3) is 4.76. The predicted octanol–water partition coefficient (Wildman–Crippen LogP) is 2.88. The average Bonchev–Trinajstić information content (AvgIpc) is 3.10. The Bertz CT molecular complexity index is 902. The normalized spacial score (nSPS) is 11.0. The van der Waals surface area contributed by atoms with Crippen molar-refractivity contribution in [2.75, 3.05) is 6.61 Å². The molecule has 0 radical (unpaired) electrons. The van der Waals surface area contributed by atoms with Crippen LogP contribution in [0.25, 0.3) is 11.3 Å². The number of hydrogen-bond acceptors (Lipinski definition) is 6. The Balaban J connectivity index is 1.94. The Morgan fingerprint density at radius 3 is 2.78 bits per heavy atom. The van der Waals surface area contributed by atoms with E-state index in [0.29, 0.717) is 41.7 Å². The summed E-state index contributed by atoms with van der Waals surface area (Å²) in [5.41, 5.74) is 1.77. The van der Waals surface area contributed by atoms with Gasteiger partial charge in [0.2, 0.25) is 0 Å². The molecule has 1 aromatic carbocycles. The van der Waals surface area contributed by atoms with Crippen LogP contribution in [-0.2, 0) is 13.2 Å². The Morgan fingerprint density at radius 1 is 1.22 bits per heavy atom. The lowest BCUT2D eigenvalue weighted by molar-refractivity contribution is -0.0498. The number of halogens is 2. The van der Waals surface area contributed by atoms with E-state index in [4.69, 9.17) is 9.84 Å². The van der Waals surface area contributed by atoms with Gasteiger partial charge in [-0.15, -0.1) is 0 Å². The van der Waals surface area contributed by atoms with Crippen LogP contribution in [0, 0.1) is 0 Å². The number of rotatable bonds is 8. The van der Waals surface area contributed by atoms with Gasteiger partial charge in [0.15, 0.2) is 5.82 Å². The van der Waals surface area contributed by atoms with Crippen molar-refractivity contribution >= 4 is 0 Å². The summed E-state index contributed by atoms with van der Waals surface area (Å²) < 4.78 is 36.6. The lowest BCUT2D eigenvalue weighted by atomic mass is 10.1. The zero-order valence-corrected chi connectivity index (χ0v) is 14.5. The maximum Gasteiger partial charge on any atom is 0.387 e. The zero-order chi connectivity index (χ0) is 19.2. The van der Waals surface area contributed by atoms with Crippen molar-refractivity contribution in [2.24, 2.45) is 0 Å². The standard InChI is InChI=1S/C18H18F2N4O3/c1-2-26-15-7-6-13(9-24-11-21-16(10-25)23-24)22-17(15)12-4-3-5-14(8-12)27-18(19)20/h3-8,11,18,25H,2,9-10H2,1H3. The van der Waals surface area contributed by atoms with Gasteiger partial charge < -0.3 is 14.6 Å². The first-order chi connectivity index (χ1) is 13.1. The fourth-order valence-electron chi connectivity index (χ4n) is 2.52. The second-order valence-corrected chi connectivity index (χ2v) is 5.51. The van der Waals surface area contributed by atoms with E-state index in [9.17, 15) is 8.78 Å². The fraction of sp³-hybridized carbons (Fsp3) is 0.278. The lowest BCUT2D eigenvalue weighted by Gasteiger charge is -2.13. The first-order valence-electron chi connectivity index (χ1n) is 8.26. The summed E-state index contributed by atoms with van der Waals surface area (Å²) in [4.78, 5) is 8.55. The smallest absolute Gasteiger partial charge is 0.387 e. The zero-order valence-electron chi connectivity index (χ0n) is 14.5. The number of aliphatic hydroxyl groups excluding tert-OH is 1. The van der Waals surface area contributed by atoms with Crippen molar-refractivity contribution in [1.29, 1.82) is 0 Å². The second kappa shape index (κ2) is 8.54. The highest BCUT2D eigenvalue weighted by molar-refractivity contribution is 5.67. The van der Waals surface area contributed by atoms with Gasteiger partial charge in [-0.05, 0) is 31.2 Å². The number of aromatic nitrogens is 4. The molecule has 7 nitrogen and oxygen atoms in total. The Labute approximate surface area is 154 Å². The molecule has 0 unspecified atom stereocenters. The second-order valence-electron chi connectivity index (χ2n) is 5.51. The van der Waals surface area contributed by atoms with Gasteiger partial charge in [0.1, 0.15) is 30.1 Å². The predicted molar refractivity (Wildman–Crippen MR) is 92.5 cm³/mol. The highest BCUT2D eigenvalue weighted by Crippen LogP contribution is 2.31. The molecule has 1 N–H and O–H groups in total. The largest absolute Gasteiger partial charge is 0.492 e. The topological polar surface area (TPSA) is 82.3 Å². The number of alkyl halides is 2. The van der Waals surface area contributed by atoms with Crippen molar-refractivity contribution in [1.82, 2.24) is 19.7 Å². The Kier molecular flexibility index (Phi) is 5.92. The van der Waals surface area contributed by atoms with Crippen LogP contribution in [0.4, 0.5) is 8.78 Å². The SMILES string of the molecule is CCOc1ccc(Cn2cnc(CO)n2)nc1-c1cccc(OC(F)F)c1. The summed E-state index contributed by atoms with van der Waals surface area (Å²) in [5.74, 6) is 0.893. The summed E-state index contributed by atoms with van der Waals surface area (Å²) in [7, 11) is 0. The fourth-order valence-corrected chi connectivity index (χ4v) is 2.52. The number of benzene rings is 1. The molecule has 27 heavy (non-hydrogen) atoms. The van der Waals surface area contributed by atoms with E-state index >= 15 is 0 Å². The van der Waals surface area contributed by atoms with Gasteiger partial charge in [-0.3, -0.25) is 0 Å². The van der Waals surface area contributed by atoms with Gasteiger partial charge >= 0.3 is 6.61 Å². The quantitative estimate of drug-likeness (QED) is 0.651. The first kappa shape index (κ1) is 18.7. The molecule has 0 aliphatic rings. The molecule has 2 aromatic heterocycles. The van der Waals surface area contributed by atoms with Crippen LogP contribution in [0.3, 0.4) is 0 Å². The minimum Gasteiger partial charge on any atom is -0.492 e. The maximum atomic E-state index is 12.5. The number of pyridine rings is 1. The van der Waals surface area contributed by atoms with Crippen molar-refractivity contribution in [2.45, 2.75) is 26.7 Å². The summed E-state index contributed by atoms with van der Waals surface area (Å²) in [6.07, 6.45) is 1.50. The molecular formula is C18H18F2N4O3. The van der Waals surface area contributed by atoms with Gasteiger partial charge in [-0.2, -0.15) is 13.9 Å². The van der Waals surface area contributed by atoms with Crippen molar-refractivity contribution in [3.8, 4) is 22.8 Å². The van der Waals surface area contributed by atoms with Crippen molar-refractivity contribution in [3.05, 3.63) is 54.2 Å². The van der Waals surface area contributed by atoms with Crippen LogP contribution < -0.4 is 9.47 Å². The van der Waals surface area contributed by atoms with Gasteiger partial charge in [-0.25, -0.2) is 14.6 Å². The number of hydrogen-bond donors (Lipinski definition) is 1. The van der Waals surface area contributed by atoms with Crippen LogP contribution in [0.15, 0.2) is 42.7 Å². The molecule has 3 aromatic rings. The van der Waals surface area contributed by atoms with E-state index in [1.54, 1.807) is 28.9 Å². The monoisotopic (exact) mass is 376 g/mol. The summed E-state index contributed by atoms with van der Waals surface area (Å²) in [5, 5.41) is 13.2. The molecule has 0 aliphatic heterocycles. The maximum absolute atomic E-state index is 12.5. The Morgan fingerprint density at radius 2 is 2.07 bits per heavy atom. The van der Waals surface area contributed by atoms with E-state index in [2.05, 4.69) is 19.8 Å². The molecule has 0 aliphatic carbocycles. The molecular weight excluding hydrogens is 358 g/mol. The van der Waals surface area contributed by atoms with Crippen LogP contribution in [0.5, 0.6) is 11.5 Å². The van der Waals surface area contributed by atoms with E-state index in [0.717, 1.165) is 0 Å².